The van der Waals surface area contributed by atoms with Gasteiger partial charge in [0.25, 0.3) is 5.91 Å². The predicted molar refractivity (Wildman–Crippen MR) is 83.9 cm³/mol. The van der Waals surface area contributed by atoms with Crippen molar-refractivity contribution in [1.29, 1.82) is 0 Å². The Balaban J connectivity index is 1.92. The van der Waals surface area contributed by atoms with Crippen LogP contribution >= 0.6 is 0 Å². The molecule has 3 rings (SSSR count). The molecule has 1 amide bonds. The third-order valence-corrected chi connectivity index (χ3v) is 3.93. The minimum atomic E-state index is -0.907. The van der Waals surface area contributed by atoms with Crippen LogP contribution in [0, 0.1) is 0 Å². The Kier molecular flexibility index (Phi) is 4.73. The van der Waals surface area contributed by atoms with Gasteiger partial charge >= 0.3 is 0 Å². The van der Waals surface area contributed by atoms with E-state index >= 15 is 0 Å². The molecule has 2 heterocycles. The maximum atomic E-state index is 12.7. The van der Waals surface area contributed by atoms with Crippen LogP contribution in [0.15, 0.2) is 34.9 Å². The van der Waals surface area contributed by atoms with Gasteiger partial charge in [-0.25, -0.2) is 0 Å². The van der Waals surface area contributed by atoms with E-state index in [1.54, 1.807) is 6.92 Å². The first-order valence-electron chi connectivity index (χ1n) is 7.78. The number of benzene rings is 1. The summed E-state index contributed by atoms with van der Waals surface area (Å²) in [4.78, 5) is 12.7. The van der Waals surface area contributed by atoms with Crippen molar-refractivity contribution in [2.24, 2.45) is 0 Å². The Bertz CT molecular complexity index is 660. The topological polar surface area (TPSA) is 84.6 Å². The first-order valence-corrected chi connectivity index (χ1v) is 7.78. The second kappa shape index (κ2) is 6.93. The summed E-state index contributed by atoms with van der Waals surface area (Å²) < 4.78 is 10.5. The Morgan fingerprint density at radius 2 is 2.00 bits per heavy atom. The summed E-state index contributed by atoms with van der Waals surface area (Å²) in [6.07, 6.45) is 0.652. The second-order valence-corrected chi connectivity index (χ2v) is 5.67. The van der Waals surface area contributed by atoms with Crippen LogP contribution in [0.2, 0.25) is 0 Å². The number of aliphatic hydroxyl groups excluding tert-OH is 1. The van der Waals surface area contributed by atoms with Gasteiger partial charge in [-0.3, -0.25) is 4.79 Å². The molecule has 0 aliphatic carbocycles. The Hall–Kier alpha value is -2.18. The molecule has 1 atom stereocenters. The molecule has 6 nitrogen and oxygen atoms in total. The highest BCUT2D eigenvalue weighted by atomic mass is 16.5. The molecule has 23 heavy (non-hydrogen) atoms. The van der Waals surface area contributed by atoms with Crippen LogP contribution in [0.1, 0.15) is 42.0 Å². The highest BCUT2D eigenvalue weighted by molar-refractivity contribution is 6.01. The molecular weight excluding hydrogens is 296 g/mol. The molecule has 122 valence electrons. The third kappa shape index (κ3) is 3.43. The summed E-state index contributed by atoms with van der Waals surface area (Å²) in [6.45, 7) is 2.84. The summed E-state index contributed by atoms with van der Waals surface area (Å²) in [5.41, 5.74) is 1.53. The summed E-state index contributed by atoms with van der Waals surface area (Å²) in [5.74, 6) is -0.0821. The van der Waals surface area contributed by atoms with Gasteiger partial charge in [-0.15, -0.1) is 0 Å². The van der Waals surface area contributed by atoms with Crippen molar-refractivity contribution in [3.8, 4) is 11.3 Å². The van der Waals surface area contributed by atoms with E-state index in [4.69, 9.17) is 9.26 Å². The van der Waals surface area contributed by atoms with Gasteiger partial charge in [0.2, 0.25) is 0 Å². The number of aromatic nitrogens is 1. The molecule has 1 aliphatic heterocycles. The highest BCUT2D eigenvalue weighted by Crippen LogP contribution is 2.29. The zero-order valence-electron chi connectivity index (χ0n) is 13.0. The number of hydrogen-bond donors (Lipinski definition) is 2. The number of amides is 1. The van der Waals surface area contributed by atoms with E-state index in [0.29, 0.717) is 24.5 Å². The molecule has 1 saturated heterocycles. The lowest BCUT2D eigenvalue weighted by molar-refractivity contribution is 0.0692. The normalized spacial score (nSPS) is 17.0. The first-order chi connectivity index (χ1) is 11.2. The molecule has 0 saturated carbocycles. The zero-order chi connectivity index (χ0) is 16.2. The maximum absolute atomic E-state index is 12.7. The second-order valence-electron chi connectivity index (χ2n) is 5.67. The SMILES string of the molecule is C[C@H](O)c1onc(-c2ccccc2)c1C(=O)NC1CCOCC1. The minimum Gasteiger partial charge on any atom is -0.385 e. The van der Waals surface area contributed by atoms with Gasteiger partial charge < -0.3 is 19.7 Å². The van der Waals surface area contributed by atoms with Crippen molar-refractivity contribution in [2.45, 2.75) is 31.9 Å². The molecule has 0 bridgehead atoms. The maximum Gasteiger partial charge on any atom is 0.257 e. The lowest BCUT2D eigenvalue weighted by Gasteiger charge is -2.23. The van der Waals surface area contributed by atoms with E-state index in [9.17, 15) is 9.90 Å². The molecule has 0 radical (unpaired) electrons. The van der Waals surface area contributed by atoms with Crippen molar-refractivity contribution in [1.82, 2.24) is 10.5 Å². The van der Waals surface area contributed by atoms with Gasteiger partial charge in [-0.1, -0.05) is 35.5 Å². The number of nitrogens with one attached hydrogen (secondary N) is 1. The van der Waals surface area contributed by atoms with E-state index in [0.717, 1.165) is 18.4 Å². The van der Waals surface area contributed by atoms with Gasteiger partial charge in [0.05, 0.1) is 0 Å². The van der Waals surface area contributed by atoms with Crippen LogP contribution < -0.4 is 5.32 Å². The van der Waals surface area contributed by atoms with Crippen molar-refractivity contribution < 1.29 is 19.2 Å². The largest absolute Gasteiger partial charge is 0.385 e. The van der Waals surface area contributed by atoms with Gasteiger partial charge in [0.1, 0.15) is 17.4 Å². The standard InChI is InChI=1S/C17H20N2O4/c1-11(20)16-14(17(21)18-13-7-9-22-10-8-13)15(19-23-16)12-5-3-2-4-6-12/h2-6,11,13,20H,7-10H2,1H3,(H,18,21)/t11-/m0/s1. The van der Waals surface area contributed by atoms with E-state index < -0.39 is 6.10 Å². The molecule has 0 spiro atoms. The smallest absolute Gasteiger partial charge is 0.257 e. The van der Waals surface area contributed by atoms with Gasteiger partial charge in [0.15, 0.2) is 5.76 Å². The lowest BCUT2D eigenvalue weighted by Crippen LogP contribution is -2.39. The van der Waals surface area contributed by atoms with Crippen molar-refractivity contribution in [3.63, 3.8) is 0 Å². The summed E-state index contributed by atoms with van der Waals surface area (Å²) in [5, 5.41) is 16.9. The van der Waals surface area contributed by atoms with E-state index in [2.05, 4.69) is 10.5 Å². The fourth-order valence-corrected chi connectivity index (χ4v) is 2.70. The minimum absolute atomic E-state index is 0.0663. The fraction of sp³-hybridized carbons (Fsp3) is 0.412. The average Bonchev–Trinajstić information content (AvgIpc) is 3.02. The summed E-state index contributed by atoms with van der Waals surface area (Å²) in [7, 11) is 0. The number of nitrogens with zero attached hydrogens (tertiary/aromatic N) is 1. The number of ether oxygens (including phenoxy) is 1. The van der Waals surface area contributed by atoms with Gasteiger partial charge in [0, 0.05) is 24.8 Å². The van der Waals surface area contributed by atoms with Crippen molar-refractivity contribution >= 4 is 5.91 Å². The van der Waals surface area contributed by atoms with Crippen LogP contribution in [0.25, 0.3) is 11.3 Å². The number of carbonyl (C=O) groups is 1. The highest BCUT2D eigenvalue weighted by Gasteiger charge is 2.28. The number of aliphatic hydroxyl groups is 1. The van der Waals surface area contributed by atoms with Crippen molar-refractivity contribution in [3.05, 3.63) is 41.7 Å². The van der Waals surface area contributed by atoms with E-state index in [1.807, 2.05) is 30.3 Å². The number of rotatable bonds is 4. The summed E-state index contributed by atoms with van der Waals surface area (Å²) in [6, 6.07) is 9.40. The molecule has 6 heteroatoms. The monoisotopic (exact) mass is 316 g/mol. The van der Waals surface area contributed by atoms with Gasteiger partial charge in [-0.2, -0.15) is 0 Å². The van der Waals surface area contributed by atoms with E-state index in [1.165, 1.54) is 0 Å². The van der Waals surface area contributed by atoms with Crippen molar-refractivity contribution in [2.75, 3.05) is 13.2 Å². The Morgan fingerprint density at radius 3 is 2.65 bits per heavy atom. The number of carbonyl (C=O) groups excluding carboxylic acids is 1. The van der Waals surface area contributed by atoms with E-state index in [-0.39, 0.29) is 17.7 Å². The van der Waals surface area contributed by atoms with Crippen LogP contribution in [-0.4, -0.2) is 35.4 Å². The van der Waals surface area contributed by atoms with Crippen LogP contribution in [0.5, 0.6) is 0 Å². The third-order valence-electron chi connectivity index (χ3n) is 3.93. The molecule has 1 fully saturated rings. The lowest BCUT2D eigenvalue weighted by atomic mass is 10.0. The first kappa shape index (κ1) is 15.7. The molecule has 0 unspecified atom stereocenters. The fourth-order valence-electron chi connectivity index (χ4n) is 2.70. The Labute approximate surface area is 134 Å². The average molecular weight is 316 g/mol. The number of hydrogen-bond acceptors (Lipinski definition) is 5. The predicted octanol–water partition coefficient (Wildman–Crippen LogP) is 2.30. The van der Waals surface area contributed by atoms with Crippen LogP contribution in [0.3, 0.4) is 0 Å². The quantitative estimate of drug-likeness (QED) is 0.904. The van der Waals surface area contributed by atoms with Gasteiger partial charge in [-0.05, 0) is 19.8 Å². The van der Waals surface area contributed by atoms with Crippen LogP contribution in [0.4, 0.5) is 0 Å². The zero-order valence-corrected chi connectivity index (χ0v) is 13.0. The Morgan fingerprint density at radius 1 is 1.30 bits per heavy atom. The molecule has 2 N–H and O–H groups in total. The summed E-state index contributed by atoms with van der Waals surface area (Å²) >= 11 is 0. The molecule has 1 aromatic carbocycles. The molecule has 1 aliphatic rings. The molecular formula is C17H20N2O4. The molecule has 1 aromatic heterocycles. The van der Waals surface area contributed by atoms with Crippen LogP contribution in [-0.2, 0) is 4.74 Å². The molecule has 2 aromatic rings.